The molecule has 23 heavy (non-hydrogen) atoms. The van der Waals surface area contributed by atoms with E-state index in [1.807, 2.05) is 27.7 Å². The first-order valence-corrected chi connectivity index (χ1v) is 7.10. The molecule has 0 saturated carbocycles. The van der Waals surface area contributed by atoms with Gasteiger partial charge in [-0.1, -0.05) is 6.07 Å². The van der Waals surface area contributed by atoms with E-state index >= 15 is 0 Å². The zero-order chi connectivity index (χ0) is 17.4. The molecule has 1 aliphatic heterocycles. The summed E-state index contributed by atoms with van der Waals surface area (Å²) >= 11 is 0. The monoisotopic (exact) mass is 328 g/mol. The van der Waals surface area contributed by atoms with E-state index in [9.17, 15) is 13.6 Å². The molecule has 1 aliphatic rings. The number of esters is 1. The molecule has 0 N–H and O–H groups in total. The van der Waals surface area contributed by atoms with Crippen LogP contribution < -0.4 is 10.2 Å². The maximum Gasteiger partial charge on any atom is 0.495 e. The van der Waals surface area contributed by atoms with Crippen LogP contribution >= 0.6 is 0 Å². The van der Waals surface area contributed by atoms with Crippen molar-refractivity contribution < 1.29 is 32.4 Å². The summed E-state index contributed by atoms with van der Waals surface area (Å²) in [6.07, 6.45) is 0. The Balaban J connectivity index is 2.41. The Morgan fingerprint density at radius 1 is 1.17 bits per heavy atom. The molecular weight excluding hydrogens is 309 g/mol. The number of ether oxygens (including phenoxy) is 2. The van der Waals surface area contributed by atoms with E-state index in [0.717, 1.165) is 0 Å². The maximum absolute atomic E-state index is 12.4. The van der Waals surface area contributed by atoms with Crippen LogP contribution in [0.15, 0.2) is 18.2 Å². The van der Waals surface area contributed by atoms with Crippen molar-refractivity contribution in [1.29, 1.82) is 0 Å². The number of carbonyl (C=O) groups excluding carboxylic acids is 1. The lowest BCUT2D eigenvalue weighted by Crippen LogP contribution is -2.41. The Bertz CT molecular complexity index is 588. The number of hydrogen-bond acceptors (Lipinski definition) is 5. The number of rotatable bonds is 4. The molecule has 0 unspecified atom stereocenters. The third kappa shape index (κ3) is 3.48. The van der Waals surface area contributed by atoms with Gasteiger partial charge in [0.2, 0.25) is 0 Å². The second kappa shape index (κ2) is 6.09. The third-order valence-corrected chi connectivity index (χ3v) is 4.16. The Morgan fingerprint density at radius 3 is 2.22 bits per heavy atom. The van der Waals surface area contributed by atoms with Crippen molar-refractivity contribution in [3.05, 3.63) is 23.8 Å². The quantitative estimate of drug-likeness (QED) is 0.627. The first kappa shape index (κ1) is 17.7. The molecule has 0 radical (unpaired) electrons. The summed E-state index contributed by atoms with van der Waals surface area (Å²) in [6.45, 7) is 4.51. The van der Waals surface area contributed by atoms with Gasteiger partial charge in [-0.25, -0.2) is 4.79 Å². The Kier molecular flexibility index (Phi) is 4.68. The molecule has 8 heteroatoms. The number of halogens is 2. The van der Waals surface area contributed by atoms with E-state index < -0.39 is 30.9 Å². The van der Waals surface area contributed by atoms with Crippen LogP contribution in [0.1, 0.15) is 38.1 Å². The molecule has 1 aromatic carbocycles. The number of hydrogen-bond donors (Lipinski definition) is 0. The molecule has 0 aromatic heterocycles. The molecule has 2 rings (SSSR count). The van der Waals surface area contributed by atoms with Crippen LogP contribution in [-0.4, -0.2) is 38.0 Å². The lowest BCUT2D eigenvalue weighted by molar-refractivity contribution is -0.0499. The second-order valence-electron chi connectivity index (χ2n) is 6.21. The molecule has 0 aliphatic carbocycles. The van der Waals surface area contributed by atoms with Gasteiger partial charge in [0.1, 0.15) is 5.75 Å². The van der Waals surface area contributed by atoms with Crippen LogP contribution in [0.5, 0.6) is 5.75 Å². The van der Waals surface area contributed by atoms with Crippen molar-refractivity contribution in [1.82, 2.24) is 0 Å². The van der Waals surface area contributed by atoms with Crippen molar-refractivity contribution in [3.8, 4) is 5.75 Å². The normalized spacial score (nSPS) is 19.0. The predicted octanol–water partition coefficient (Wildman–Crippen LogP) is 2.37. The van der Waals surface area contributed by atoms with Crippen molar-refractivity contribution in [3.63, 3.8) is 0 Å². The molecule has 1 saturated heterocycles. The minimum absolute atomic E-state index is 0.0594. The average Bonchev–Trinajstić information content (AvgIpc) is 2.65. The van der Waals surface area contributed by atoms with Gasteiger partial charge < -0.3 is 18.8 Å². The molecule has 0 amide bonds. The highest BCUT2D eigenvalue weighted by atomic mass is 19.3. The van der Waals surface area contributed by atoms with Gasteiger partial charge in [0.15, 0.2) is 0 Å². The molecule has 0 atom stereocenters. The van der Waals surface area contributed by atoms with Gasteiger partial charge in [0.05, 0.1) is 23.9 Å². The topological polar surface area (TPSA) is 54.0 Å². The van der Waals surface area contributed by atoms with Crippen molar-refractivity contribution >= 4 is 18.6 Å². The Hall–Kier alpha value is -1.67. The lowest BCUT2D eigenvalue weighted by atomic mass is 9.76. The van der Waals surface area contributed by atoms with Gasteiger partial charge in [-0.2, -0.15) is 8.78 Å². The molecule has 126 valence electrons. The van der Waals surface area contributed by atoms with Gasteiger partial charge in [-0.3, -0.25) is 0 Å². The highest BCUT2D eigenvalue weighted by molar-refractivity contribution is 6.63. The summed E-state index contributed by atoms with van der Waals surface area (Å²) in [6, 6.07) is 3.99. The van der Waals surface area contributed by atoms with Crippen molar-refractivity contribution in [2.24, 2.45) is 0 Å². The summed E-state index contributed by atoms with van der Waals surface area (Å²) < 4.78 is 45.5. The second-order valence-corrected chi connectivity index (χ2v) is 6.21. The molecule has 1 heterocycles. The van der Waals surface area contributed by atoms with E-state index in [2.05, 4.69) is 4.74 Å². The largest absolute Gasteiger partial charge is 0.495 e. The van der Waals surface area contributed by atoms with Crippen LogP contribution in [0.4, 0.5) is 8.78 Å². The Labute approximate surface area is 134 Å². The fourth-order valence-electron chi connectivity index (χ4n) is 2.17. The van der Waals surface area contributed by atoms with Crippen LogP contribution in [-0.2, 0) is 14.0 Å². The average molecular weight is 328 g/mol. The van der Waals surface area contributed by atoms with Crippen molar-refractivity contribution in [2.45, 2.75) is 45.5 Å². The van der Waals surface area contributed by atoms with Crippen LogP contribution in [0, 0.1) is 0 Å². The first-order valence-electron chi connectivity index (χ1n) is 7.10. The maximum atomic E-state index is 12.4. The van der Waals surface area contributed by atoms with E-state index in [4.69, 9.17) is 14.0 Å². The molecular formula is C15H19BF2O5. The van der Waals surface area contributed by atoms with E-state index in [-0.39, 0.29) is 11.3 Å². The summed E-state index contributed by atoms with van der Waals surface area (Å²) in [5.74, 6) is -0.824. The molecule has 1 fully saturated rings. The van der Waals surface area contributed by atoms with Gasteiger partial charge in [0.25, 0.3) is 0 Å². The van der Waals surface area contributed by atoms with Gasteiger partial charge in [0, 0.05) is 0 Å². The predicted molar refractivity (Wildman–Crippen MR) is 80.1 cm³/mol. The minimum Gasteiger partial charge on any atom is -0.465 e. The summed E-state index contributed by atoms with van der Waals surface area (Å²) in [5.41, 5.74) is -0.729. The lowest BCUT2D eigenvalue weighted by Gasteiger charge is -2.32. The van der Waals surface area contributed by atoms with Gasteiger partial charge in [-0.05, 0) is 45.3 Å². The first-order chi connectivity index (χ1) is 10.6. The fraction of sp³-hybridized carbons (Fsp3) is 0.533. The highest BCUT2D eigenvalue weighted by Crippen LogP contribution is 2.37. The minimum atomic E-state index is -2.98. The Morgan fingerprint density at radius 2 is 1.74 bits per heavy atom. The molecule has 0 spiro atoms. The molecule has 0 bridgehead atoms. The zero-order valence-corrected chi connectivity index (χ0v) is 13.7. The number of carbonyl (C=O) groups is 1. The smallest absolute Gasteiger partial charge is 0.465 e. The number of benzene rings is 1. The summed E-state index contributed by atoms with van der Waals surface area (Å²) in [4.78, 5) is 12.0. The van der Waals surface area contributed by atoms with E-state index in [1.165, 1.54) is 25.3 Å². The fourth-order valence-corrected chi connectivity index (χ4v) is 2.17. The highest BCUT2D eigenvalue weighted by Gasteiger charge is 2.52. The van der Waals surface area contributed by atoms with Crippen LogP contribution in [0.25, 0.3) is 0 Å². The van der Waals surface area contributed by atoms with Crippen molar-refractivity contribution in [2.75, 3.05) is 7.11 Å². The number of methoxy groups -OCH3 is 1. The van der Waals surface area contributed by atoms with Gasteiger partial charge >= 0.3 is 19.7 Å². The van der Waals surface area contributed by atoms with E-state index in [1.54, 1.807) is 0 Å². The molecule has 5 nitrogen and oxygen atoms in total. The van der Waals surface area contributed by atoms with Gasteiger partial charge in [-0.15, -0.1) is 0 Å². The molecule has 1 aromatic rings. The third-order valence-electron chi connectivity index (χ3n) is 4.16. The number of alkyl halides is 2. The van der Waals surface area contributed by atoms with Crippen LogP contribution in [0.2, 0.25) is 0 Å². The summed E-state index contributed by atoms with van der Waals surface area (Å²) in [7, 11) is 0.395. The SMILES string of the molecule is COC(=O)c1cc(OC(F)F)ccc1B1OC(C)(C)C(C)(C)O1. The summed E-state index contributed by atoms with van der Waals surface area (Å²) in [5, 5.41) is 0. The standard InChI is InChI=1S/C15H19BF2O5/c1-14(2)15(3,4)23-16(22-14)11-7-6-9(21-13(17)18)8-10(11)12(19)20-5/h6-8,13H,1-5H3. The van der Waals surface area contributed by atoms with E-state index in [0.29, 0.717) is 5.46 Å². The van der Waals surface area contributed by atoms with Crippen LogP contribution in [0.3, 0.4) is 0 Å². The zero-order valence-electron chi connectivity index (χ0n) is 13.7.